The second kappa shape index (κ2) is 11.1. The lowest BCUT2D eigenvalue weighted by Crippen LogP contribution is -2.38. The highest BCUT2D eigenvalue weighted by Gasteiger charge is 2.14. The predicted octanol–water partition coefficient (Wildman–Crippen LogP) is 3.44. The zero-order valence-electron chi connectivity index (χ0n) is 13.0. The minimum Gasteiger partial charge on any atom is -0.357 e. The molecule has 0 radical (unpaired) electrons. The van der Waals surface area contributed by atoms with Crippen molar-refractivity contribution in [3.63, 3.8) is 0 Å². The second-order valence-corrected chi connectivity index (χ2v) is 6.53. The largest absolute Gasteiger partial charge is 0.357 e. The van der Waals surface area contributed by atoms with Gasteiger partial charge in [-0.3, -0.25) is 4.99 Å². The Bertz CT molecular complexity index is 464. The van der Waals surface area contributed by atoms with Crippen LogP contribution in [-0.4, -0.2) is 36.6 Å². The summed E-state index contributed by atoms with van der Waals surface area (Å²) in [6.45, 7) is 4.44. The third kappa shape index (κ3) is 6.73. The molecule has 1 aliphatic rings. The highest BCUT2D eigenvalue weighted by atomic mass is 127. The summed E-state index contributed by atoms with van der Waals surface area (Å²) in [4.78, 5) is 4.63. The number of halogens is 2. The van der Waals surface area contributed by atoms with Crippen molar-refractivity contribution in [1.82, 2.24) is 10.6 Å². The Morgan fingerprint density at radius 2 is 2.18 bits per heavy atom. The highest BCUT2D eigenvalue weighted by molar-refractivity contribution is 14.0. The van der Waals surface area contributed by atoms with E-state index in [1.807, 2.05) is 23.9 Å². The van der Waals surface area contributed by atoms with E-state index >= 15 is 0 Å². The van der Waals surface area contributed by atoms with Crippen molar-refractivity contribution in [2.24, 2.45) is 4.99 Å². The summed E-state index contributed by atoms with van der Waals surface area (Å²) >= 11 is 2.01. The first-order chi connectivity index (χ1) is 10.3. The molecule has 1 aromatic rings. The van der Waals surface area contributed by atoms with E-state index in [0.717, 1.165) is 24.6 Å². The maximum Gasteiger partial charge on any atom is 0.191 e. The molecule has 22 heavy (non-hydrogen) atoms. The lowest BCUT2D eigenvalue weighted by atomic mass is 10.1. The molecule has 0 aromatic heterocycles. The van der Waals surface area contributed by atoms with Gasteiger partial charge in [-0.05, 0) is 43.6 Å². The molecule has 0 aliphatic carbocycles. The fraction of sp³-hybridized carbons (Fsp3) is 0.562. The number of benzene rings is 1. The Kier molecular flexibility index (Phi) is 9.86. The average molecular weight is 437 g/mol. The van der Waals surface area contributed by atoms with Gasteiger partial charge in [-0.25, -0.2) is 4.39 Å². The molecule has 124 valence electrons. The molecular formula is C16H25FIN3S. The Balaban J connectivity index is 0.00000242. The number of rotatable bonds is 6. The van der Waals surface area contributed by atoms with Crippen molar-refractivity contribution in [2.75, 3.05) is 25.4 Å². The van der Waals surface area contributed by atoms with Crippen LogP contribution in [0.1, 0.15) is 25.3 Å². The molecule has 1 aromatic carbocycles. The lowest BCUT2D eigenvalue weighted by Gasteiger charge is -2.13. The molecule has 1 heterocycles. The zero-order valence-corrected chi connectivity index (χ0v) is 16.1. The van der Waals surface area contributed by atoms with Crippen molar-refractivity contribution >= 4 is 41.7 Å². The van der Waals surface area contributed by atoms with Gasteiger partial charge < -0.3 is 10.6 Å². The van der Waals surface area contributed by atoms with E-state index in [1.54, 1.807) is 6.07 Å². The topological polar surface area (TPSA) is 36.4 Å². The van der Waals surface area contributed by atoms with Crippen LogP contribution in [0.3, 0.4) is 0 Å². The molecular weight excluding hydrogens is 412 g/mol. The van der Waals surface area contributed by atoms with E-state index < -0.39 is 0 Å². The average Bonchev–Trinajstić information content (AvgIpc) is 3.00. The van der Waals surface area contributed by atoms with Crippen molar-refractivity contribution in [1.29, 1.82) is 0 Å². The lowest BCUT2D eigenvalue weighted by molar-refractivity contribution is 0.606. The fourth-order valence-corrected chi connectivity index (χ4v) is 3.52. The first-order valence-electron chi connectivity index (χ1n) is 7.66. The number of nitrogens with zero attached hydrogens (tertiary/aromatic N) is 1. The molecule has 0 amide bonds. The molecule has 1 aliphatic heterocycles. The van der Waals surface area contributed by atoms with E-state index in [2.05, 4.69) is 22.5 Å². The van der Waals surface area contributed by atoms with E-state index in [1.165, 1.54) is 24.7 Å². The second-order valence-electron chi connectivity index (χ2n) is 5.12. The smallest absolute Gasteiger partial charge is 0.191 e. The number of aliphatic imine (C=N–C) groups is 1. The molecule has 1 unspecified atom stereocenters. The van der Waals surface area contributed by atoms with Crippen LogP contribution in [-0.2, 0) is 6.42 Å². The Morgan fingerprint density at radius 3 is 2.86 bits per heavy atom. The van der Waals surface area contributed by atoms with Gasteiger partial charge in [0, 0.05) is 18.3 Å². The van der Waals surface area contributed by atoms with Gasteiger partial charge in [-0.2, -0.15) is 11.8 Å². The van der Waals surface area contributed by atoms with E-state index in [0.29, 0.717) is 18.2 Å². The van der Waals surface area contributed by atoms with Crippen LogP contribution in [0.2, 0.25) is 0 Å². The van der Waals surface area contributed by atoms with Crippen molar-refractivity contribution in [3.8, 4) is 0 Å². The summed E-state index contributed by atoms with van der Waals surface area (Å²) in [5, 5.41) is 7.19. The molecule has 2 N–H and O–H groups in total. The Morgan fingerprint density at radius 1 is 1.36 bits per heavy atom. The van der Waals surface area contributed by atoms with Crippen LogP contribution in [0.4, 0.5) is 4.39 Å². The zero-order chi connectivity index (χ0) is 14.9. The maximum absolute atomic E-state index is 13.5. The van der Waals surface area contributed by atoms with Gasteiger partial charge >= 0.3 is 0 Å². The summed E-state index contributed by atoms with van der Waals surface area (Å²) in [6.07, 6.45) is 3.24. The van der Waals surface area contributed by atoms with Crippen molar-refractivity contribution < 1.29 is 4.39 Å². The third-order valence-electron chi connectivity index (χ3n) is 3.47. The summed E-state index contributed by atoms with van der Waals surface area (Å²) in [5.74, 6) is 1.96. The number of hydrogen-bond acceptors (Lipinski definition) is 2. The van der Waals surface area contributed by atoms with Crippen LogP contribution >= 0.6 is 35.7 Å². The van der Waals surface area contributed by atoms with Gasteiger partial charge in [-0.15, -0.1) is 24.0 Å². The van der Waals surface area contributed by atoms with E-state index in [-0.39, 0.29) is 29.8 Å². The van der Waals surface area contributed by atoms with E-state index in [9.17, 15) is 4.39 Å². The van der Waals surface area contributed by atoms with Gasteiger partial charge in [-0.1, -0.05) is 18.2 Å². The van der Waals surface area contributed by atoms with Crippen LogP contribution in [0.25, 0.3) is 0 Å². The minimum atomic E-state index is -0.136. The van der Waals surface area contributed by atoms with Crippen LogP contribution in [0, 0.1) is 5.82 Å². The number of thioether (sulfide) groups is 1. The first kappa shape index (κ1) is 19.5. The molecule has 1 atom stereocenters. The van der Waals surface area contributed by atoms with Gasteiger partial charge in [0.2, 0.25) is 0 Å². The number of nitrogens with one attached hydrogen (secondary N) is 2. The summed E-state index contributed by atoms with van der Waals surface area (Å²) < 4.78 is 13.5. The van der Waals surface area contributed by atoms with E-state index in [4.69, 9.17) is 0 Å². The molecule has 1 saturated heterocycles. The monoisotopic (exact) mass is 437 g/mol. The van der Waals surface area contributed by atoms with Crippen molar-refractivity contribution in [2.45, 2.75) is 31.4 Å². The Hall–Kier alpha value is -0.500. The van der Waals surface area contributed by atoms with Crippen LogP contribution < -0.4 is 10.6 Å². The van der Waals surface area contributed by atoms with Crippen LogP contribution in [0.15, 0.2) is 29.3 Å². The highest BCUT2D eigenvalue weighted by Crippen LogP contribution is 2.25. The fourth-order valence-electron chi connectivity index (χ4n) is 2.34. The molecule has 2 rings (SSSR count). The van der Waals surface area contributed by atoms with Gasteiger partial charge in [0.05, 0.1) is 6.54 Å². The SMILES string of the molecule is CCNC(=NCC1CCCS1)NCCc1ccccc1F.I. The summed E-state index contributed by atoms with van der Waals surface area (Å²) in [5.41, 5.74) is 0.743. The predicted molar refractivity (Wildman–Crippen MR) is 105 cm³/mol. The van der Waals surface area contributed by atoms with Gasteiger partial charge in [0.25, 0.3) is 0 Å². The Labute approximate surface area is 154 Å². The summed E-state index contributed by atoms with van der Waals surface area (Å²) in [7, 11) is 0. The molecule has 0 spiro atoms. The molecule has 1 fully saturated rings. The van der Waals surface area contributed by atoms with Crippen molar-refractivity contribution in [3.05, 3.63) is 35.6 Å². The molecule has 6 heteroatoms. The molecule has 3 nitrogen and oxygen atoms in total. The maximum atomic E-state index is 13.5. The normalized spacial score (nSPS) is 17.9. The summed E-state index contributed by atoms with van der Waals surface area (Å²) in [6, 6.07) is 6.92. The quantitative estimate of drug-likeness (QED) is 0.407. The number of guanidine groups is 1. The third-order valence-corrected chi connectivity index (χ3v) is 4.85. The van der Waals surface area contributed by atoms with Gasteiger partial charge in [0.1, 0.15) is 5.82 Å². The van der Waals surface area contributed by atoms with Crippen LogP contribution in [0.5, 0.6) is 0 Å². The number of hydrogen-bond donors (Lipinski definition) is 2. The first-order valence-corrected chi connectivity index (χ1v) is 8.71. The standard InChI is InChI=1S/C16H24FN3S.HI/c1-2-18-16(20-12-14-7-5-11-21-14)19-10-9-13-6-3-4-8-15(13)17;/h3-4,6,8,14H,2,5,7,9-12H2,1H3,(H2,18,19,20);1H. The molecule has 0 saturated carbocycles. The van der Waals surface area contributed by atoms with Gasteiger partial charge in [0.15, 0.2) is 5.96 Å². The minimum absolute atomic E-state index is 0. The molecule has 0 bridgehead atoms.